The predicted octanol–water partition coefficient (Wildman–Crippen LogP) is 4.17. The molecule has 0 spiro atoms. The topological polar surface area (TPSA) is 42.0 Å². The van der Waals surface area contributed by atoms with Crippen LogP contribution in [0.3, 0.4) is 0 Å². The van der Waals surface area contributed by atoms with E-state index in [4.69, 9.17) is 0 Å². The second-order valence-electron chi connectivity index (χ2n) is 3.78. The Kier molecular flexibility index (Phi) is 4.14. The van der Waals surface area contributed by atoms with Gasteiger partial charge in [0.15, 0.2) is 0 Å². The van der Waals surface area contributed by atoms with Crippen molar-refractivity contribution < 1.29 is 4.79 Å². The van der Waals surface area contributed by atoms with Gasteiger partial charge in [-0.2, -0.15) is 0 Å². The molecule has 0 bridgehead atoms. The van der Waals surface area contributed by atoms with Crippen LogP contribution in [0, 0.1) is 6.92 Å². The van der Waals surface area contributed by atoms with Crippen LogP contribution in [0.25, 0.3) is 0 Å². The van der Waals surface area contributed by atoms with Crippen molar-refractivity contribution in [2.24, 2.45) is 0 Å². The standard InChI is InChI=1S/C13H10Br2N2O/c1-8-6-10(14)3-4-11(8)17-13(18)9-2-5-12(15)16-7-9/h2-7H,1H3,(H,17,18). The predicted molar refractivity (Wildman–Crippen MR) is 78.8 cm³/mol. The van der Waals surface area contributed by atoms with E-state index >= 15 is 0 Å². The van der Waals surface area contributed by atoms with Gasteiger partial charge in [-0.15, -0.1) is 0 Å². The number of aromatic nitrogens is 1. The van der Waals surface area contributed by atoms with Crippen molar-refractivity contribution in [2.45, 2.75) is 6.92 Å². The molecule has 0 aliphatic rings. The summed E-state index contributed by atoms with van der Waals surface area (Å²) in [5, 5.41) is 2.86. The van der Waals surface area contributed by atoms with Gasteiger partial charge < -0.3 is 5.32 Å². The molecule has 5 heteroatoms. The molecule has 1 heterocycles. The van der Waals surface area contributed by atoms with Gasteiger partial charge in [-0.25, -0.2) is 4.98 Å². The van der Waals surface area contributed by atoms with E-state index in [0.717, 1.165) is 15.7 Å². The molecule has 0 fully saturated rings. The third-order valence-corrected chi connectivity index (χ3v) is 3.39. The summed E-state index contributed by atoms with van der Waals surface area (Å²) >= 11 is 6.62. The zero-order valence-electron chi connectivity index (χ0n) is 9.58. The number of amides is 1. The van der Waals surface area contributed by atoms with Crippen LogP contribution in [0.1, 0.15) is 15.9 Å². The maximum Gasteiger partial charge on any atom is 0.257 e. The zero-order valence-corrected chi connectivity index (χ0v) is 12.7. The Bertz CT molecular complexity index is 582. The lowest BCUT2D eigenvalue weighted by atomic mass is 10.2. The van der Waals surface area contributed by atoms with Crippen molar-refractivity contribution in [3.8, 4) is 0 Å². The molecule has 0 radical (unpaired) electrons. The first kappa shape index (κ1) is 13.2. The molecule has 1 aromatic heterocycles. The number of aryl methyl sites for hydroxylation is 1. The maximum absolute atomic E-state index is 12.0. The highest BCUT2D eigenvalue weighted by Gasteiger charge is 2.08. The van der Waals surface area contributed by atoms with Crippen molar-refractivity contribution in [1.29, 1.82) is 0 Å². The average Bonchev–Trinajstić information content (AvgIpc) is 2.33. The Hall–Kier alpha value is -1.20. The molecule has 0 aliphatic heterocycles. The van der Waals surface area contributed by atoms with Crippen LogP contribution in [0.15, 0.2) is 45.6 Å². The normalized spacial score (nSPS) is 10.2. The number of nitrogens with zero attached hydrogens (tertiary/aromatic N) is 1. The number of hydrogen-bond acceptors (Lipinski definition) is 2. The molecule has 3 nitrogen and oxygen atoms in total. The molecule has 0 aliphatic carbocycles. The van der Waals surface area contributed by atoms with Crippen LogP contribution in [-0.4, -0.2) is 10.9 Å². The van der Waals surface area contributed by atoms with Crippen molar-refractivity contribution in [2.75, 3.05) is 5.32 Å². The summed E-state index contributed by atoms with van der Waals surface area (Å²) in [4.78, 5) is 16.0. The molecule has 1 amide bonds. The summed E-state index contributed by atoms with van der Waals surface area (Å²) in [5.74, 6) is -0.166. The van der Waals surface area contributed by atoms with Crippen LogP contribution in [0.4, 0.5) is 5.69 Å². The zero-order chi connectivity index (χ0) is 13.1. The van der Waals surface area contributed by atoms with Gasteiger partial charge in [0.25, 0.3) is 5.91 Å². The van der Waals surface area contributed by atoms with Crippen molar-refractivity contribution in [1.82, 2.24) is 4.98 Å². The van der Waals surface area contributed by atoms with Crippen molar-refractivity contribution in [3.63, 3.8) is 0 Å². The number of rotatable bonds is 2. The van der Waals surface area contributed by atoms with E-state index in [1.165, 1.54) is 6.20 Å². The fourth-order valence-corrected chi connectivity index (χ4v) is 2.18. The molecule has 92 valence electrons. The minimum Gasteiger partial charge on any atom is -0.322 e. The Morgan fingerprint density at radius 2 is 2.00 bits per heavy atom. The third-order valence-electron chi connectivity index (χ3n) is 2.43. The van der Waals surface area contributed by atoms with Crippen LogP contribution in [0.5, 0.6) is 0 Å². The molecule has 0 atom stereocenters. The number of carbonyl (C=O) groups excluding carboxylic acids is 1. The molecule has 0 saturated carbocycles. The monoisotopic (exact) mass is 368 g/mol. The molecular weight excluding hydrogens is 360 g/mol. The molecule has 0 unspecified atom stereocenters. The first-order valence-electron chi connectivity index (χ1n) is 5.25. The molecule has 1 N–H and O–H groups in total. The fraction of sp³-hybridized carbons (Fsp3) is 0.0769. The summed E-state index contributed by atoms with van der Waals surface area (Å²) in [7, 11) is 0. The summed E-state index contributed by atoms with van der Waals surface area (Å²) in [6.45, 7) is 1.94. The van der Waals surface area contributed by atoms with E-state index in [0.29, 0.717) is 10.2 Å². The minimum atomic E-state index is -0.166. The summed E-state index contributed by atoms with van der Waals surface area (Å²) < 4.78 is 1.70. The first-order chi connectivity index (χ1) is 8.56. The van der Waals surface area contributed by atoms with Crippen LogP contribution in [-0.2, 0) is 0 Å². The van der Waals surface area contributed by atoms with Gasteiger partial charge in [0.1, 0.15) is 4.60 Å². The molecule has 2 rings (SSSR count). The molecule has 1 aromatic carbocycles. The molecular formula is C13H10Br2N2O. The van der Waals surface area contributed by atoms with E-state index in [-0.39, 0.29) is 5.91 Å². The van der Waals surface area contributed by atoms with Gasteiger partial charge in [-0.3, -0.25) is 4.79 Å². The molecule has 18 heavy (non-hydrogen) atoms. The Morgan fingerprint density at radius 3 is 2.61 bits per heavy atom. The minimum absolute atomic E-state index is 0.166. The number of anilines is 1. The quantitative estimate of drug-likeness (QED) is 0.807. The van der Waals surface area contributed by atoms with Crippen molar-refractivity contribution >= 4 is 43.5 Å². The number of hydrogen-bond donors (Lipinski definition) is 1. The lowest BCUT2D eigenvalue weighted by Crippen LogP contribution is -2.12. The van der Waals surface area contributed by atoms with Gasteiger partial charge in [0.2, 0.25) is 0 Å². The molecule has 2 aromatic rings. The second-order valence-corrected chi connectivity index (χ2v) is 5.51. The smallest absolute Gasteiger partial charge is 0.257 e. The largest absolute Gasteiger partial charge is 0.322 e. The highest BCUT2D eigenvalue weighted by molar-refractivity contribution is 9.10. The van der Waals surface area contributed by atoms with Crippen LogP contribution < -0.4 is 5.32 Å². The fourth-order valence-electron chi connectivity index (χ4n) is 1.47. The Morgan fingerprint density at radius 1 is 1.22 bits per heavy atom. The van der Waals surface area contributed by atoms with E-state index < -0.39 is 0 Å². The van der Waals surface area contributed by atoms with Gasteiger partial charge in [0.05, 0.1) is 5.56 Å². The lowest BCUT2D eigenvalue weighted by molar-refractivity contribution is 0.102. The third kappa shape index (κ3) is 3.17. The van der Waals surface area contributed by atoms with Gasteiger partial charge >= 0.3 is 0 Å². The number of halogens is 2. The number of nitrogens with one attached hydrogen (secondary N) is 1. The van der Waals surface area contributed by atoms with Crippen molar-refractivity contribution in [3.05, 3.63) is 56.7 Å². The van der Waals surface area contributed by atoms with Gasteiger partial charge in [-0.1, -0.05) is 15.9 Å². The number of benzene rings is 1. The van der Waals surface area contributed by atoms with Crippen LogP contribution >= 0.6 is 31.9 Å². The van der Waals surface area contributed by atoms with Gasteiger partial charge in [0, 0.05) is 16.4 Å². The summed E-state index contributed by atoms with van der Waals surface area (Å²) in [5.41, 5.74) is 2.33. The lowest BCUT2D eigenvalue weighted by Gasteiger charge is -2.08. The number of carbonyl (C=O) groups is 1. The van der Waals surface area contributed by atoms with E-state index in [1.807, 2.05) is 25.1 Å². The first-order valence-corrected chi connectivity index (χ1v) is 6.84. The highest BCUT2D eigenvalue weighted by atomic mass is 79.9. The van der Waals surface area contributed by atoms with E-state index in [1.54, 1.807) is 12.1 Å². The molecule has 0 saturated heterocycles. The summed E-state index contributed by atoms with van der Waals surface area (Å²) in [6.07, 6.45) is 1.54. The van der Waals surface area contributed by atoms with Gasteiger partial charge in [-0.05, 0) is 58.7 Å². The second kappa shape index (κ2) is 5.63. The SMILES string of the molecule is Cc1cc(Br)ccc1NC(=O)c1ccc(Br)nc1. The van der Waals surface area contributed by atoms with Crippen LogP contribution in [0.2, 0.25) is 0 Å². The number of pyridine rings is 1. The maximum atomic E-state index is 12.0. The van der Waals surface area contributed by atoms with E-state index in [9.17, 15) is 4.79 Å². The Labute approximate surface area is 122 Å². The summed E-state index contributed by atoms with van der Waals surface area (Å²) in [6, 6.07) is 9.17. The Balaban J connectivity index is 2.18. The van der Waals surface area contributed by atoms with E-state index in [2.05, 4.69) is 42.2 Å². The highest BCUT2D eigenvalue weighted by Crippen LogP contribution is 2.20. The average molecular weight is 370 g/mol.